The van der Waals surface area contributed by atoms with Gasteiger partial charge in [0, 0.05) is 6.42 Å². The molecule has 0 amide bonds. The van der Waals surface area contributed by atoms with Crippen molar-refractivity contribution in [3.8, 4) is 0 Å². The Balaban J connectivity index is 1.77. The second kappa shape index (κ2) is 8.03. The molecule has 2 aliphatic heterocycles. The zero-order chi connectivity index (χ0) is 20.6. The van der Waals surface area contributed by atoms with E-state index in [-0.39, 0.29) is 12.1 Å². The lowest BCUT2D eigenvalue weighted by Gasteiger charge is -2.30. The summed E-state index contributed by atoms with van der Waals surface area (Å²) < 4.78 is 10.1. The first kappa shape index (κ1) is 20.3. The molecule has 0 saturated carbocycles. The monoisotopic (exact) mass is 421 g/mol. The van der Waals surface area contributed by atoms with Crippen LogP contribution in [0, 0.1) is 0 Å². The summed E-state index contributed by atoms with van der Waals surface area (Å²) in [6, 6.07) is 9.47. The van der Waals surface area contributed by atoms with Crippen LogP contribution in [0.25, 0.3) is 0 Å². The zero-order valence-corrected chi connectivity index (χ0v) is 16.5. The van der Waals surface area contributed by atoms with Crippen LogP contribution in [-0.4, -0.2) is 68.3 Å². The molecule has 2 aliphatic rings. The Hall–Kier alpha value is -1.99. The Morgan fingerprint density at radius 2 is 2.03 bits per heavy atom. The number of benzene rings is 1. The first-order valence-electron chi connectivity index (χ1n) is 9.14. The molecular formula is C18H23N5O5S. The minimum atomic E-state index is -1.52. The normalized spacial score (nSPS) is 30.9. The molecule has 0 aliphatic carbocycles. The highest BCUT2D eigenvalue weighted by molar-refractivity contribution is 7.97. The third-order valence-electron chi connectivity index (χ3n) is 5.00. The third-order valence-corrected chi connectivity index (χ3v) is 5.68. The molecular weight excluding hydrogens is 398 g/mol. The molecule has 5 atom stereocenters. The number of nitrogens with one attached hydrogen (secondary N) is 2. The Morgan fingerprint density at radius 1 is 1.28 bits per heavy atom. The van der Waals surface area contributed by atoms with E-state index in [2.05, 4.69) is 20.0 Å². The van der Waals surface area contributed by atoms with Gasteiger partial charge in [-0.15, -0.1) is 0 Å². The second-order valence-electron chi connectivity index (χ2n) is 6.90. The molecule has 4 rings (SSSR count). The molecule has 29 heavy (non-hydrogen) atoms. The fourth-order valence-electron chi connectivity index (χ4n) is 3.59. The molecule has 11 heteroatoms. The highest BCUT2D eigenvalue weighted by Gasteiger charge is 2.47. The predicted octanol–water partition coefficient (Wildman–Crippen LogP) is -0.628. The van der Waals surface area contributed by atoms with Gasteiger partial charge in [0.2, 0.25) is 0 Å². The van der Waals surface area contributed by atoms with Crippen LogP contribution >= 0.6 is 11.9 Å². The summed E-state index contributed by atoms with van der Waals surface area (Å²) in [6.07, 6.45) is -2.90. The van der Waals surface area contributed by atoms with E-state index >= 15 is 0 Å². The lowest BCUT2D eigenvalue weighted by Crippen LogP contribution is -2.45. The minimum absolute atomic E-state index is 0.240. The molecule has 0 spiro atoms. The molecule has 6 N–H and O–H groups in total. The van der Waals surface area contributed by atoms with E-state index in [1.165, 1.54) is 10.9 Å². The molecule has 1 aromatic heterocycles. The van der Waals surface area contributed by atoms with Gasteiger partial charge in [-0.05, 0) is 24.6 Å². The van der Waals surface area contributed by atoms with Crippen LogP contribution in [-0.2, 0) is 16.9 Å². The van der Waals surface area contributed by atoms with Crippen molar-refractivity contribution in [2.45, 2.75) is 41.8 Å². The molecule has 156 valence electrons. The van der Waals surface area contributed by atoms with Crippen molar-refractivity contribution in [2.24, 2.45) is 4.99 Å². The highest BCUT2D eigenvalue weighted by atomic mass is 32.2. The molecule has 2 aromatic rings. The zero-order valence-electron chi connectivity index (χ0n) is 15.6. The number of hydrogen-bond acceptors (Lipinski definition) is 10. The van der Waals surface area contributed by atoms with Gasteiger partial charge < -0.3 is 30.5 Å². The molecule has 10 nitrogen and oxygen atoms in total. The van der Waals surface area contributed by atoms with E-state index < -0.39 is 36.9 Å². The Morgan fingerprint density at radius 3 is 2.69 bits per heavy atom. The Labute approximate surface area is 171 Å². The summed E-state index contributed by atoms with van der Waals surface area (Å²) in [6.45, 7) is -0.442. The molecule has 0 radical (unpaired) electrons. The summed E-state index contributed by atoms with van der Waals surface area (Å²) in [7, 11) is 1.71. The first-order valence-corrected chi connectivity index (χ1v) is 9.95. The number of fused-ring (bicyclic) bond motifs is 1. The van der Waals surface area contributed by atoms with Crippen molar-refractivity contribution >= 4 is 24.1 Å². The van der Waals surface area contributed by atoms with E-state index in [4.69, 9.17) is 4.74 Å². The van der Waals surface area contributed by atoms with Crippen molar-refractivity contribution in [1.29, 1.82) is 0 Å². The maximum Gasteiger partial charge on any atom is 0.187 e. The molecule has 0 bridgehead atoms. The van der Waals surface area contributed by atoms with Crippen LogP contribution in [0.15, 0.2) is 40.5 Å². The SMILES string of the molecule is CNSc1nc2c(n1[C@@H]1O[C@H](CO)[C@@H](O)[C@H]1O)N=CNC2(O)Cc1ccccc1. The number of ether oxygens (including phenoxy) is 1. The molecule has 3 heterocycles. The van der Waals surface area contributed by atoms with Crippen molar-refractivity contribution < 1.29 is 25.2 Å². The summed E-state index contributed by atoms with van der Waals surface area (Å²) in [5.74, 6) is 0.301. The first-order chi connectivity index (χ1) is 14.0. The van der Waals surface area contributed by atoms with Crippen LogP contribution in [0.5, 0.6) is 0 Å². The van der Waals surface area contributed by atoms with Gasteiger partial charge in [0.05, 0.1) is 12.9 Å². The van der Waals surface area contributed by atoms with Crippen molar-refractivity contribution in [1.82, 2.24) is 19.6 Å². The van der Waals surface area contributed by atoms with E-state index in [0.29, 0.717) is 11.0 Å². The van der Waals surface area contributed by atoms with Gasteiger partial charge in [-0.25, -0.2) is 9.98 Å². The number of aliphatic hydroxyl groups excluding tert-OH is 3. The number of aliphatic hydroxyl groups is 4. The number of aliphatic imine (C=N–C) groups is 1. The van der Waals surface area contributed by atoms with Crippen molar-refractivity contribution in [2.75, 3.05) is 13.7 Å². The number of hydrogen-bond donors (Lipinski definition) is 6. The van der Waals surface area contributed by atoms with Gasteiger partial charge in [0.1, 0.15) is 24.0 Å². The minimum Gasteiger partial charge on any atom is -0.394 e. The average Bonchev–Trinajstić information content (AvgIpc) is 3.21. The topological polar surface area (TPSA) is 144 Å². The van der Waals surface area contributed by atoms with Crippen molar-refractivity contribution in [3.63, 3.8) is 0 Å². The molecule has 1 unspecified atom stereocenters. The Bertz CT molecular complexity index is 894. The van der Waals surface area contributed by atoms with Gasteiger partial charge in [-0.1, -0.05) is 30.3 Å². The van der Waals surface area contributed by atoms with Crippen LogP contribution in [0.2, 0.25) is 0 Å². The molecule has 1 aromatic carbocycles. The smallest absolute Gasteiger partial charge is 0.187 e. The fraction of sp³-hybridized carbons (Fsp3) is 0.444. The standard InChI is InChI=1S/C18H23N5O5S/c1-19-29-17-22-14-15(23(17)16-13(26)12(25)11(8-24)28-16)20-9-21-18(14,27)7-10-5-3-2-4-6-10/h2-6,9,11-13,16,19,24-27H,7-8H2,1H3,(H,20,21)/t11-,12-,13-,16-,18?/m1/s1. The second-order valence-corrected chi connectivity index (χ2v) is 7.87. The van der Waals surface area contributed by atoms with E-state index in [1.54, 1.807) is 7.05 Å². The van der Waals surface area contributed by atoms with Crippen LogP contribution in [0.1, 0.15) is 17.5 Å². The van der Waals surface area contributed by atoms with Crippen LogP contribution < -0.4 is 10.0 Å². The maximum atomic E-state index is 11.3. The number of rotatable bonds is 6. The van der Waals surface area contributed by atoms with Gasteiger partial charge >= 0.3 is 0 Å². The van der Waals surface area contributed by atoms with E-state index in [0.717, 1.165) is 17.5 Å². The largest absolute Gasteiger partial charge is 0.394 e. The van der Waals surface area contributed by atoms with Gasteiger partial charge in [0.15, 0.2) is 22.9 Å². The highest BCUT2D eigenvalue weighted by Crippen LogP contribution is 2.42. The quantitative estimate of drug-likeness (QED) is 0.336. The van der Waals surface area contributed by atoms with Gasteiger partial charge in [-0.3, -0.25) is 9.29 Å². The summed E-state index contributed by atoms with van der Waals surface area (Å²) in [5, 5.41) is 44.7. The number of nitrogens with zero attached hydrogens (tertiary/aromatic N) is 3. The van der Waals surface area contributed by atoms with Crippen molar-refractivity contribution in [3.05, 3.63) is 41.6 Å². The van der Waals surface area contributed by atoms with Crippen LogP contribution in [0.3, 0.4) is 0 Å². The summed E-state index contributed by atoms with van der Waals surface area (Å²) >= 11 is 1.16. The number of imidazole rings is 1. The van der Waals surface area contributed by atoms with E-state index in [9.17, 15) is 20.4 Å². The lowest BCUT2D eigenvalue weighted by molar-refractivity contribution is -0.0560. The molecule has 1 saturated heterocycles. The third kappa shape index (κ3) is 3.55. The van der Waals surface area contributed by atoms with Gasteiger partial charge in [-0.2, -0.15) is 0 Å². The number of aromatic nitrogens is 2. The van der Waals surface area contributed by atoms with Gasteiger partial charge in [0.25, 0.3) is 0 Å². The summed E-state index contributed by atoms with van der Waals surface area (Å²) in [5.41, 5.74) is -0.348. The predicted molar refractivity (Wildman–Crippen MR) is 105 cm³/mol. The average molecular weight is 421 g/mol. The fourth-order valence-corrected chi connectivity index (χ4v) is 4.19. The van der Waals surface area contributed by atoms with Crippen LogP contribution in [0.4, 0.5) is 5.82 Å². The molecule has 1 fully saturated rings. The lowest BCUT2D eigenvalue weighted by atomic mass is 9.98. The van der Waals surface area contributed by atoms with E-state index in [1.807, 2.05) is 30.3 Å². The summed E-state index contributed by atoms with van der Waals surface area (Å²) in [4.78, 5) is 8.86. The maximum absolute atomic E-state index is 11.3. The Kier molecular flexibility index (Phi) is 5.62.